The fraction of sp³-hybridized carbons (Fsp3) is 0.262. The minimum absolute atomic E-state index is 0. The molecule has 0 saturated heterocycles. The summed E-state index contributed by atoms with van der Waals surface area (Å²) >= 11 is 0. The van der Waals surface area contributed by atoms with Gasteiger partial charge in [-0.1, -0.05) is 189 Å². The molecule has 0 aromatic rings. The number of hydrogen-bond acceptors (Lipinski definition) is 12. The molecule has 0 N–H and O–H groups in total. The van der Waals surface area contributed by atoms with Crippen LogP contribution in [0.2, 0.25) is 0 Å². The fourth-order valence-electron chi connectivity index (χ4n) is 3.62. The predicted molar refractivity (Wildman–Crippen MR) is 296 cm³/mol. The molecule has 0 aromatic carbocycles. The van der Waals surface area contributed by atoms with Gasteiger partial charge in [0.1, 0.15) is 12.6 Å². The van der Waals surface area contributed by atoms with Crippen LogP contribution >= 0.6 is 0 Å². The van der Waals surface area contributed by atoms with E-state index in [4.69, 9.17) is 19.2 Å². The first-order chi connectivity index (χ1) is 33.6. The van der Waals surface area contributed by atoms with Crippen LogP contribution in [0.15, 0.2) is 220 Å². The van der Waals surface area contributed by atoms with E-state index < -0.39 is 5.97 Å². The summed E-state index contributed by atoms with van der Waals surface area (Å²) in [6.07, 6.45) is 53.5. The van der Waals surface area contributed by atoms with E-state index >= 15 is 0 Å². The number of allylic oxidation sites excluding steroid dienone is 34. The molecule has 12 nitrogen and oxygen atoms in total. The first-order valence-corrected chi connectivity index (χ1v) is 21.4. The Labute approximate surface area is 494 Å². The number of hydrogen-bond donors (Lipinski definition) is 0. The van der Waals surface area contributed by atoms with Crippen molar-refractivity contribution in [2.24, 2.45) is 0 Å². The first-order valence-electron chi connectivity index (χ1n) is 21.4. The second-order valence-electron chi connectivity index (χ2n) is 14.2. The topological polar surface area (TPSA) is 195 Å². The van der Waals surface area contributed by atoms with E-state index in [1.807, 2.05) is 107 Å². The number of aldehydes is 2. The molecule has 0 bridgehead atoms. The van der Waals surface area contributed by atoms with Gasteiger partial charge in [0.15, 0.2) is 0 Å². The molecular weight excluding hydrogens is 971 g/mol. The normalized spacial score (nSPS) is 12.2. The predicted octanol–water partition coefficient (Wildman–Crippen LogP) is 6.49. The minimum Gasteiger partial charge on any atom is -0.545 e. The van der Waals surface area contributed by atoms with Gasteiger partial charge in [0, 0.05) is 11.1 Å². The van der Waals surface area contributed by atoms with Crippen LogP contribution in [0.5, 0.6) is 0 Å². The van der Waals surface area contributed by atoms with Gasteiger partial charge >= 0.3 is 83.4 Å². The van der Waals surface area contributed by atoms with E-state index in [1.54, 1.807) is 76.3 Å². The zero-order chi connectivity index (χ0) is 55.8. The third-order valence-electron chi connectivity index (χ3n) is 7.39. The molecule has 398 valence electrons. The maximum Gasteiger partial charge on any atom is 1.00 e. The Balaban J connectivity index is -0.0000000930. The molecule has 0 aliphatic carbocycles. The maximum absolute atomic E-state index is 11.2. The smallest absolute Gasteiger partial charge is 0.545 e. The Hall–Kier alpha value is -6.43. The first kappa shape index (κ1) is 91.3. The maximum atomic E-state index is 11.2. The molecule has 0 atom stereocenters. The second kappa shape index (κ2) is 69.6. The van der Waals surface area contributed by atoms with Gasteiger partial charge in [-0.05, 0) is 92.9 Å². The summed E-state index contributed by atoms with van der Waals surface area (Å²) in [4.78, 5) is 85.0. The zero-order valence-corrected chi connectivity index (χ0v) is 49.8. The van der Waals surface area contributed by atoms with E-state index in [0.717, 1.165) is 29.3 Å². The molecule has 0 rings (SSSR count). The van der Waals surface area contributed by atoms with Crippen molar-refractivity contribution in [2.45, 2.75) is 97.9 Å². The van der Waals surface area contributed by atoms with Crippen molar-refractivity contribution in [1.29, 1.82) is 0 Å². The molecule has 0 fully saturated rings. The van der Waals surface area contributed by atoms with Gasteiger partial charge < -0.3 is 19.4 Å². The summed E-state index contributed by atoms with van der Waals surface area (Å²) in [6, 6.07) is 0. The summed E-state index contributed by atoms with van der Waals surface area (Å²) in [7, 11) is 2.73. The van der Waals surface area contributed by atoms with Crippen LogP contribution in [0.3, 0.4) is 0 Å². The molecule has 75 heavy (non-hydrogen) atoms. The number of esters is 2. The van der Waals surface area contributed by atoms with Crippen molar-refractivity contribution in [3.8, 4) is 0 Å². The van der Waals surface area contributed by atoms with Gasteiger partial charge in [0.05, 0.1) is 20.2 Å². The van der Waals surface area contributed by atoms with Crippen molar-refractivity contribution in [3.05, 3.63) is 226 Å². The third kappa shape index (κ3) is 79.2. The molecule has 0 radical (unpaired) electrons. The van der Waals surface area contributed by atoms with Crippen molar-refractivity contribution in [2.75, 3.05) is 14.2 Å². The molecule has 0 heterocycles. The van der Waals surface area contributed by atoms with Crippen LogP contribution in [0.25, 0.3) is 0 Å². The number of rotatable bonds is 20. The third-order valence-corrected chi connectivity index (χ3v) is 7.39. The average Bonchev–Trinajstić information content (AvgIpc) is 3.33. The van der Waals surface area contributed by atoms with Crippen LogP contribution in [0.4, 0.5) is 0 Å². The molecule has 0 aromatic heterocycles. The average molecular weight is 1050 g/mol. The fourth-order valence-corrected chi connectivity index (χ4v) is 3.62. The van der Waals surface area contributed by atoms with E-state index in [-0.39, 0.29) is 104 Å². The van der Waals surface area contributed by atoms with Crippen LogP contribution in [0.1, 0.15) is 97.9 Å². The van der Waals surface area contributed by atoms with Crippen molar-refractivity contribution in [1.82, 2.24) is 0 Å². The number of carbonyl (C=O) groups excluding carboxylic acids is 9. The molecule has 14 heteroatoms. The Bertz CT molecular complexity index is 2250. The number of aliphatic carboxylic acids is 1. The number of methoxy groups -OCH3 is 2. The number of carboxylic acids is 1. The van der Waals surface area contributed by atoms with Crippen LogP contribution in [0, 0.1) is 6.08 Å². The summed E-state index contributed by atoms with van der Waals surface area (Å²) in [5.74, 6) is -1.77. The van der Waals surface area contributed by atoms with Gasteiger partial charge in [-0.2, -0.15) is 19.2 Å². The quantitative estimate of drug-likeness (QED) is 0.0322. The van der Waals surface area contributed by atoms with Crippen molar-refractivity contribution >= 4 is 42.8 Å². The van der Waals surface area contributed by atoms with E-state index in [9.17, 15) is 29.1 Å². The van der Waals surface area contributed by atoms with Crippen LogP contribution < -0.4 is 64.2 Å². The van der Waals surface area contributed by atoms with Gasteiger partial charge in [0.25, 0.3) is 0 Å². The molecular formula is C61H80Na2O12. The minimum atomic E-state index is -1.15. The molecule has 0 saturated carbocycles. The molecule has 0 spiro atoms. The van der Waals surface area contributed by atoms with Crippen LogP contribution in [-0.4, -0.2) is 57.0 Å². The Morgan fingerprint density at radius 2 is 0.707 bits per heavy atom. The molecule has 0 aliphatic rings. The standard InChI is InChI=1S/C21H28O2.C19H23O2.C10H12O2.C7H10O2.2CO2.2CH4.2Na/c1-17(2)11-9-14-18(3)12-7-8-13-19(4)15-10-16-20(5)21(22)23-6;1-5-6-7-11-16(2)12-8-9-13-17(3)14-10-15-18(4)19(20)21;1-9(7-11)5-3-4-6-10(2)8-12;1-4-5-6(2)7(8)9-3;2*2-1-3;;;;/h7-16H,1-6H3;6-15H,1-4H3,(H,20,21);3-8H,1-2H3;4-5H,1H2,2-3H3;;;2*1H4;;/q;-1;;;;;;;2*+1/p-1/b8-7+,14-9+,15-10+,18-12+,19-13+,20-16+;9-8+,11-7+,14-10+,16-12+,17-13+,18-15+;4-3+,9-5+,10-6+;6-5+;;;;;;. The van der Waals surface area contributed by atoms with Crippen molar-refractivity contribution < 1.29 is 117 Å². The molecule has 0 aliphatic heterocycles. The van der Waals surface area contributed by atoms with E-state index in [2.05, 4.69) is 67.2 Å². The zero-order valence-electron chi connectivity index (χ0n) is 45.8. The van der Waals surface area contributed by atoms with Gasteiger partial charge in [-0.15, -0.1) is 13.0 Å². The Morgan fingerprint density at radius 3 is 0.960 bits per heavy atom. The van der Waals surface area contributed by atoms with Crippen molar-refractivity contribution in [3.63, 3.8) is 0 Å². The monoisotopic (exact) mass is 1050 g/mol. The second-order valence-corrected chi connectivity index (χ2v) is 14.2. The largest absolute Gasteiger partial charge is 1.00 e. The van der Waals surface area contributed by atoms with Gasteiger partial charge in [0.2, 0.25) is 0 Å². The number of carboxylic acid groups (broad SMARTS) is 1. The number of ether oxygens (including phenoxy) is 2. The summed E-state index contributed by atoms with van der Waals surface area (Å²) in [5, 5.41) is 10.5. The van der Waals surface area contributed by atoms with E-state index in [1.165, 1.54) is 38.4 Å². The Kier molecular flexibility index (Phi) is 84.7. The number of carbonyl (C=O) groups is 5. The summed E-state index contributed by atoms with van der Waals surface area (Å²) < 4.78 is 9.04. The SMILES string of the molecule is C.C.C=C/C=C(\C)C(=O)OC.COC(=O)/C(C)=C/C=C/C(C)=C/C=C/C=C(C)/C=C/C=C(C)C.C[C-]=C/C=C/C(C)=C/C=C/C=C(C)/C=C/C=C(\C)C(=O)[O-].C\C(C=O)=C/C=C/C=C(\C)C=O.O=C=O.O=C=O.[Na+].[Na+]. The van der Waals surface area contributed by atoms with Gasteiger partial charge in [-0.25, -0.2) is 21.7 Å². The van der Waals surface area contributed by atoms with Crippen LogP contribution in [-0.2, 0) is 52.6 Å². The Morgan fingerprint density at radius 1 is 0.440 bits per heavy atom. The molecule has 0 unspecified atom stereocenters. The van der Waals surface area contributed by atoms with E-state index in [0.29, 0.717) is 22.3 Å². The molecule has 0 amide bonds. The summed E-state index contributed by atoms with van der Waals surface area (Å²) in [5.41, 5.74) is 8.40. The van der Waals surface area contributed by atoms with Gasteiger partial charge in [-0.3, -0.25) is 15.7 Å². The summed E-state index contributed by atoms with van der Waals surface area (Å²) in [6.45, 7) is 25.8.